The molecule has 0 N–H and O–H groups in total. The second-order valence-electron chi connectivity index (χ2n) is 5.32. The van der Waals surface area contributed by atoms with Crippen LogP contribution in [0.4, 0.5) is 0 Å². The van der Waals surface area contributed by atoms with Crippen LogP contribution in [-0.4, -0.2) is 25.3 Å². The molecule has 0 radical (unpaired) electrons. The van der Waals surface area contributed by atoms with Crippen molar-refractivity contribution in [2.24, 2.45) is 5.92 Å². The van der Waals surface area contributed by atoms with Gasteiger partial charge in [-0.1, -0.05) is 12.1 Å². The van der Waals surface area contributed by atoms with Gasteiger partial charge in [-0.15, -0.1) is 0 Å². The molecule has 2 heterocycles. The molecule has 2 fully saturated rings. The van der Waals surface area contributed by atoms with Gasteiger partial charge in [-0.3, -0.25) is 4.79 Å². The van der Waals surface area contributed by atoms with E-state index < -0.39 is 0 Å². The van der Waals surface area contributed by atoms with Crippen molar-refractivity contribution in [1.82, 2.24) is 0 Å². The molecule has 3 rings (SSSR count). The first kappa shape index (κ1) is 13.4. The molecule has 1 unspecified atom stereocenters. The highest BCUT2D eigenvalue weighted by Crippen LogP contribution is 2.45. The lowest BCUT2D eigenvalue weighted by Gasteiger charge is -2.35. The van der Waals surface area contributed by atoms with E-state index in [0.29, 0.717) is 6.10 Å². The number of methoxy groups -OCH3 is 1. The van der Waals surface area contributed by atoms with Crippen LogP contribution in [0.25, 0.3) is 0 Å². The van der Waals surface area contributed by atoms with Crippen LogP contribution in [0.3, 0.4) is 0 Å². The first-order valence-electron chi connectivity index (χ1n) is 6.68. The Morgan fingerprint density at radius 3 is 2.74 bits per heavy atom. The van der Waals surface area contributed by atoms with Crippen molar-refractivity contribution in [3.8, 4) is 0 Å². The maximum absolute atomic E-state index is 12.1. The van der Waals surface area contributed by atoms with Crippen LogP contribution in [0, 0.1) is 9.49 Å². The van der Waals surface area contributed by atoms with Crippen LogP contribution in [0.5, 0.6) is 0 Å². The quantitative estimate of drug-likeness (QED) is 0.591. The summed E-state index contributed by atoms with van der Waals surface area (Å²) in [6.45, 7) is 0. The predicted octanol–water partition coefficient (Wildman–Crippen LogP) is 3.12. The molecule has 3 nitrogen and oxygen atoms in total. The van der Waals surface area contributed by atoms with E-state index in [2.05, 4.69) is 46.9 Å². The van der Waals surface area contributed by atoms with Crippen LogP contribution in [0.15, 0.2) is 24.3 Å². The Balaban J connectivity index is 1.92. The smallest absolute Gasteiger partial charge is 0.311 e. The molecule has 0 saturated carbocycles. The number of halogens is 1. The number of rotatable bonds is 2. The van der Waals surface area contributed by atoms with Crippen molar-refractivity contribution in [3.05, 3.63) is 33.4 Å². The minimum absolute atomic E-state index is 0.0375. The van der Waals surface area contributed by atoms with Crippen LogP contribution >= 0.6 is 22.6 Å². The normalized spacial score (nSPS) is 33.2. The molecule has 19 heavy (non-hydrogen) atoms. The van der Waals surface area contributed by atoms with Crippen molar-refractivity contribution in [1.29, 1.82) is 0 Å². The zero-order chi connectivity index (χ0) is 13.4. The van der Waals surface area contributed by atoms with Gasteiger partial charge >= 0.3 is 5.97 Å². The molecule has 4 atom stereocenters. The van der Waals surface area contributed by atoms with Gasteiger partial charge in [-0.05, 0) is 59.5 Å². The summed E-state index contributed by atoms with van der Waals surface area (Å²) in [4.78, 5) is 12.1. The van der Waals surface area contributed by atoms with Gasteiger partial charge in [0.15, 0.2) is 0 Å². The lowest BCUT2D eigenvalue weighted by molar-refractivity contribution is -0.156. The van der Waals surface area contributed by atoms with E-state index in [1.165, 1.54) is 16.2 Å². The number of carbonyl (C=O) groups excluding carboxylic acids is 1. The predicted molar refractivity (Wildman–Crippen MR) is 79.9 cm³/mol. The second kappa shape index (κ2) is 5.40. The molecule has 102 valence electrons. The molecule has 0 spiro atoms. The number of ether oxygens (including phenoxy) is 2. The number of carbonyl (C=O) groups is 1. The van der Waals surface area contributed by atoms with Gasteiger partial charge in [0.25, 0.3) is 0 Å². The SMILES string of the molecule is COC(=O)[C@@H]1[C@@H]2CCC(C[C@H]1c1ccc(I)cc1)O2. The number of fused-ring (bicyclic) bond motifs is 2. The molecular weight excluding hydrogens is 355 g/mol. The van der Waals surface area contributed by atoms with E-state index in [0.717, 1.165) is 19.3 Å². The summed E-state index contributed by atoms with van der Waals surface area (Å²) in [6, 6.07) is 8.46. The minimum atomic E-state index is -0.149. The van der Waals surface area contributed by atoms with Gasteiger partial charge in [0.2, 0.25) is 0 Å². The largest absolute Gasteiger partial charge is 0.469 e. The third-order valence-electron chi connectivity index (χ3n) is 4.26. The Morgan fingerprint density at radius 2 is 2.05 bits per heavy atom. The highest BCUT2D eigenvalue weighted by molar-refractivity contribution is 14.1. The van der Waals surface area contributed by atoms with Gasteiger partial charge in [0, 0.05) is 9.49 Å². The summed E-state index contributed by atoms with van der Waals surface area (Å²) < 4.78 is 12.1. The molecule has 4 heteroatoms. The number of esters is 1. The van der Waals surface area contributed by atoms with Crippen molar-refractivity contribution >= 4 is 28.6 Å². The van der Waals surface area contributed by atoms with Crippen molar-refractivity contribution < 1.29 is 14.3 Å². The Morgan fingerprint density at radius 1 is 1.32 bits per heavy atom. The molecule has 1 aromatic carbocycles. The number of hydrogen-bond donors (Lipinski definition) is 0. The molecule has 2 saturated heterocycles. The average molecular weight is 372 g/mol. The summed E-state index contributed by atoms with van der Waals surface area (Å²) in [5.41, 5.74) is 1.23. The van der Waals surface area contributed by atoms with E-state index in [1.54, 1.807) is 0 Å². The fraction of sp³-hybridized carbons (Fsp3) is 0.533. The van der Waals surface area contributed by atoms with Crippen LogP contribution < -0.4 is 0 Å². The first-order chi connectivity index (χ1) is 9.19. The van der Waals surface area contributed by atoms with Crippen LogP contribution in [0.1, 0.15) is 30.7 Å². The van der Waals surface area contributed by atoms with E-state index in [-0.39, 0.29) is 23.9 Å². The minimum Gasteiger partial charge on any atom is -0.469 e. The fourth-order valence-corrected chi connectivity index (χ4v) is 3.73. The van der Waals surface area contributed by atoms with Crippen molar-refractivity contribution in [3.63, 3.8) is 0 Å². The summed E-state index contributed by atoms with van der Waals surface area (Å²) >= 11 is 2.30. The Labute approximate surface area is 126 Å². The van der Waals surface area contributed by atoms with Gasteiger partial charge < -0.3 is 9.47 Å². The monoisotopic (exact) mass is 372 g/mol. The zero-order valence-electron chi connectivity index (χ0n) is 10.8. The zero-order valence-corrected chi connectivity index (χ0v) is 13.0. The second-order valence-corrected chi connectivity index (χ2v) is 6.56. The first-order valence-corrected chi connectivity index (χ1v) is 7.75. The van der Waals surface area contributed by atoms with Crippen molar-refractivity contribution in [2.75, 3.05) is 7.11 Å². The van der Waals surface area contributed by atoms with E-state index in [1.807, 2.05) is 0 Å². The molecule has 0 amide bonds. The van der Waals surface area contributed by atoms with Crippen LogP contribution in [0.2, 0.25) is 0 Å². The Kier molecular flexibility index (Phi) is 3.80. The maximum atomic E-state index is 12.1. The highest BCUT2D eigenvalue weighted by atomic mass is 127. The lowest BCUT2D eigenvalue weighted by atomic mass is 9.79. The van der Waals surface area contributed by atoms with Gasteiger partial charge in [0.05, 0.1) is 25.2 Å². The number of benzene rings is 1. The third-order valence-corrected chi connectivity index (χ3v) is 4.98. The molecule has 1 aromatic rings. The van der Waals surface area contributed by atoms with Gasteiger partial charge in [0.1, 0.15) is 0 Å². The standard InChI is InChI=1S/C15H17IO3/c1-18-15(17)14-12(8-11-6-7-13(14)19-11)9-2-4-10(16)5-3-9/h2-5,11-14H,6-8H2,1H3/t11?,12-,13-,14-/m0/s1. The van der Waals surface area contributed by atoms with Gasteiger partial charge in [-0.25, -0.2) is 0 Å². The summed E-state index contributed by atoms with van der Waals surface area (Å²) in [5.74, 6) is -0.0478. The van der Waals surface area contributed by atoms with E-state index >= 15 is 0 Å². The van der Waals surface area contributed by atoms with E-state index in [9.17, 15) is 4.79 Å². The molecule has 2 aliphatic rings. The number of hydrogen-bond acceptors (Lipinski definition) is 3. The maximum Gasteiger partial charge on any atom is 0.311 e. The fourth-order valence-electron chi connectivity index (χ4n) is 3.37. The summed E-state index contributed by atoms with van der Waals surface area (Å²) in [5, 5.41) is 0. The van der Waals surface area contributed by atoms with E-state index in [4.69, 9.17) is 9.47 Å². The third kappa shape index (κ3) is 2.52. The lowest BCUT2D eigenvalue weighted by Crippen LogP contribution is -2.39. The molecule has 0 aromatic heterocycles. The highest BCUT2D eigenvalue weighted by Gasteiger charge is 2.47. The molecule has 2 aliphatic heterocycles. The topological polar surface area (TPSA) is 35.5 Å². The van der Waals surface area contributed by atoms with Crippen LogP contribution in [-0.2, 0) is 14.3 Å². The molecule has 2 bridgehead atoms. The van der Waals surface area contributed by atoms with Gasteiger partial charge in [-0.2, -0.15) is 0 Å². The summed E-state index contributed by atoms with van der Waals surface area (Å²) in [6.07, 6.45) is 3.33. The Bertz CT molecular complexity index is 471. The van der Waals surface area contributed by atoms with Crippen molar-refractivity contribution in [2.45, 2.75) is 37.4 Å². The summed E-state index contributed by atoms with van der Waals surface area (Å²) in [7, 11) is 1.47. The molecular formula is C15H17IO3. The average Bonchev–Trinajstić information content (AvgIpc) is 2.80. The molecule has 0 aliphatic carbocycles. The Hall–Kier alpha value is -0.620.